The van der Waals surface area contributed by atoms with E-state index in [0.29, 0.717) is 23.4 Å². The number of carbonyl (C=O) groups excluding carboxylic acids is 2. The Hall–Kier alpha value is -3.43. The third-order valence-corrected chi connectivity index (χ3v) is 8.57. The lowest BCUT2D eigenvalue weighted by Gasteiger charge is -2.34. The van der Waals surface area contributed by atoms with Gasteiger partial charge in [-0.1, -0.05) is 61.8 Å². The van der Waals surface area contributed by atoms with Gasteiger partial charge in [-0.2, -0.15) is 0 Å². The first-order valence-corrected chi connectivity index (χ1v) is 14.6. The van der Waals surface area contributed by atoms with E-state index in [-0.39, 0.29) is 29.1 Å². The van der Waals surface area contributed by atoms with E-state index in [2.05, 4.69) is 5.32 Å². The van der Waals surface area contributed by atoms with Crippen molar-refractivity contribution in [1.29, 1.82) is 0 Å². The molecule has 39 heavy (non-hydrogen) atoms. The van der Waals surface area contributed by atoms with E-state index >= 15 is 0 Å². The Kier molecular flexibility index (Phi) is 10.5. The van der Waals surface area contributed by atoms with Crippen molar-refractivity contribution in [2.24, 2.45) is 0 Å². The number of hydrogen-bond acceptors (Lipinski definition) is 4. The number of nitrogens with zero attached hydrogens (tertiary/aromatic N) is 2. The molecule has 0 spiro atoms. The van der Waals surface area contributed by atoms with Crippen molar-refractivity contribution >= 4 is 39.1 Å². The van der Waals surface area contributed by atoms with Crippen LogP contribution in [0.15, 0.2) is 83.8 Å². The van der Waals surface area contributed by atoms with Crippen molar-refractivity contribution in [2.45, 2.75) is 57.1 Å². The summed E-state index contributed by atoms with van der Waals surface area (Å²) in [6.07, 6.45) is 0.995. The first kappa shape index (κ1) is 30.1. The van der Waals surface area contributed by atoms with Crippen molar-refractivity contribution < 1.29 is 22.4 Å². The predicted octanol–water partition coefficient (Wildman–Crippen LogP) is 5.40. The highest BCUT2D eigenvalue weighted by atomic mass is 35.5. The molecule has 0 aromatic heterocycles. The zero-order valence-corrected chi connectivity index (χ0v) is 23.8. The van der Waals surface area contributed by atoms with Gasteiger partial charge in [-0.05, 0) is 67.8 Å². The second-order valence-electron chi connectivity index (χ2n) is 9.16. The van der Waals surface area contributed by atoms with Crippen LogP contribution in [-0.4, -0.2) is 43.8 Å². The molecule has 0 aliphatic rings. The van der Waals surface area contributed by atoms with Crippen LogP contribution in [0.5, 0.6) is 0 Å². The van der Waals surface area contributed by atoms with Gasteiger partial charge in [0.2, 0.25) is 11.8 Å². The first-order valence-electron chi connectivity index (χ1n) is 12.7. The Morgan fingerprint density at radius 2 is 1.54 bits per heavy atom. The summed E-state index contributed by atoms with van der Waals surface area (Å²) < 4.78 is 42.1. The normalized spacial score (nSPS) is 12.8. The standard InChI is InChI=1S/C29H33ClFN3O4S/c1-4-21(3)32-29(36)27(5-2)33(19-22-11-9-10-14-26(22)30)28(35)20-34(24-17-15-23(31)16-18-24)39(37,38)25-12-7-6-8-13-25/h6-18,21,27H,4-5,19-20H2,1-3H3,(H,32,36). The van der Waals surface area contributed by atoms with Crippen LogP contribution in [0.2, 0.25) is 5.02 Å². The molecule has 1 N–H and O–H groups in total. The van der Waals surface area contributed by atoms with Gasteiger partial charge in [-0.25, -0.2) is 12.8 Å². The summed E-state index contributed by atoms with van der Waals surface area (Å²) in [5.74, 6) is -1.49. The minimum Gasteiger partial charge on any atom is -0.352 e. The van der Waals surface area contributed by atoms with Gasteiger partial charge in [-0.15, -0.1) is 0 Å². The van der Waals surface area contributed by atoms with Crippen molar-refractivity contribution in [1.82, 2.24) is 10.2 Å². The summed E-state index contributed by atoms with van der Waals surface area (Å²) in [5, 5.41) is 3.34. The molecular formula is C29H33ClFN3O4S. The molecule has 0 saturated heterocycles. The lowest BCUT2D eigenvalue weighted by Crippen LogP contribution is -2.53. The SMILES string of the molecule is CCC(C)NC(=O)C(CC)N(Cc1ccccc1Cl)C(=O)CN(c1ccc(F)cc1)S(=O)(=O)c1ccccc1. The Morgan fingerprint density at radius 3 is 2.13 bits per heavy atom. The summed E-state index contributed by atoms with van der Waals surface area (Å²) in [5.41, 5.74) is 0.727. The summed E-state index contributed by atoms with van der Waals surface area (Å²) in [4.78, 5) is 28.6. The maximum Gasteiger partial charge on any atom is 0.264 e. The minimum absolute atomic E-state index is 0.00637. The predicted molar refractivity (Wildman–Crippen MR) is 151 cm³/mol. The maximum absolute atomic E-state index is 14.0. The Bertz CT molecular complexity index is 1370. The molecule has 0 heterocycles. The highest BCUT2D eigenvalue weighted by molar-refractivity contribution is 7.92. The maximum atomic E-state index is 14.0. The fraction of sp³-hybridized carbons (Fsp3) is 0.310. The van der Waals surface area contributed by atoms with Crippen LogP contribution in [-0.2, 0) is 26.2 Å². The summed E-state index contributed by atoms with van der Waals surface area (Å²) in [7, 11) is -4.22. The molecule has 2 amide bonds. The molecule has 2 atom stereocenters. The van der Waals surface area contributed by atoms with E-state index in [4.69, 9.17) is 11.6 Å². The van der Waals surface area contributed by atoms with Gasteiger partial charge in [0.25, 0.3) is 10.0 Å². The summed E-state index contributed by atoms with van der Waals surface area (Å²) in [6, 6.07) is 18.5. The molecule has 0 aliphatic heterocycles. The largest absolute Gasteiger partial charge is 0.352 e. The number of halogens is 2. The second-order valence-corrected chi connectivity index (χ2v) is 11.4. The van der Waals surface area contributed by atoms with Crippen LogP contribution < -0.4 is 9.62 Å². The number of benzene rings is 3. The van der Waals surface area contributed by atoms with Crippen LogP contribution >= 0.6 is 11.6 Å². The Balaban J connectivity index is 2.05. The lowest BCUT2D eigenvalue weighted by molar-refractivity contribution is -0.140. The zero-order chi connectivity index (χ0) is 28.6. The van der Waals surface area contributed by atoms with Crippen LogP contribution in [0.3, 0.4) is 0 Å². The van der Waals surface area contributed by atoms with Gasteiger partial charge in [-0.3, -0.25) is 13.9 Å². The van der Waals surface area contributed by atoms with Gasteiger partial charge in [0.15, 0.2) is 0 Å². The number of anilines is 1. The molecule has 0 fully saturated rings. The molecule has 0 saturated carbocycles. The zero-order valence-electron chi connectivity index (χ0n) is 22.2. The second kappa shape index (κ2) is 13.6. The van der Waals surface area contributed by atoms with Crippen molar-refractivity contribution in [2.75, 3.05) is 10.8 Å². The number of amides is 2. The Labute approximate surface area is 234 Å². The molecule has 7 nitrogen and oxygen atoms in total. The van der Waals surface area contributed by atoms with Crippen LogP contribution in [0.1, 0.15) is 39.2 Å². The summed E-state index contributed by atoms with van der Waals surface area (Å²) in [6.45, 7) is 4.97. The Morgan fingerprint density at radius 1 is 0.923 bits per heavy atom. The molecule has 0 bridgehead atoms. The van der Waals surface area contributed by atoms with Gasteiger partial charge >= 0.3 is 0 Å². The molecule has 0 aliphatic carbocycles. The van der Waals surface area contributed by atoms with Gasteiger partial charge in [0.1, 0.15) is 18.4 Å². The number of rotatable bonds is 12. The molecular weight excluding hydrogens is 541 g/mol. The molecule has 3 aromatic carbocycles. The average molecular weight is 574 g/mol. The fourth-order valence-corrected chi connectivity index (χ4v) is 5.66. The molecule has 0 radical (unpaired) electrons. The third kappa shape index (κ3) is 7.58. The number of hydrogen-bond donors (Lipinski definition) is 1. The highest BCUT2D eigenvalue weighted by Gasteiger charge is 2.34. The monoisotopic (exact) mass is 573 g/mol. The average Bonchev–Trinajstić information content (AvgIpc) is 2.93. The van der Waals surface area contributed by atoms with Crippen molar-refractivity contribution in [3.63, 3.8) is 0 Å². The lowest BCUT2D eigenvalue weighted by atomic mass is 10.1. The topological polar surface area (TPSA) is 86.8 Å². The van der Waals surface area contributed by atoms with Gasteiger partial charge in [0.05, 0.1) is 10.6 Å². The number of nitrogens with one attached hydrogen (secondary N) is 1. The number of carbonyl (C=O) groups is 2. The van der Waals surface area contributed by atoms with E-state index < -0.39 is 34.3 Å². The van der Waals surface area contributed by atoms with Crippen molar-refractivity contribution in [3.05, 3.63) is 95.3 Å². The molecule has 2 unspecified atom stereocenters. The van der Waals surface area contributed by atoms with Crippen LogP contribution in [0.25, 0.3) is 0 Å². The smallest absolute Gasteiger partial charge is 0.264 e. The quantitative estimate of drug-likeness (QED) is 0.314. The number of sulfonamides is 1. The fourth-order valence-electron chi connectivity index (χ4n) is 4.03. The van der Waals surface area contributed by atoms with Crippen molar-refractivity contribution in [3.8, 4) is 0 Å². The molecule has 208 valence electrons. The van der Waals surface area contributed by atoms with Gasteiger partial charge in [0, 0.05) is 17.6 Å². The van der Waals surface area contributed by atoms with Gasteiger partial charge < -0.3 is 10.2 Å². The summed E-state index contributed by atoms with van der Waals surface area (Å²) >= 11 is 6.40. The van der Waals surface area contributed by atoms with E-state index in [9.17, 15) is 22.4 Å². The van der Waals surface area contributed by atoms with E-state index in [1.54, 1.807) is 49.4 Å². The third-order valence-electron chi connectivity index (χ3n) is 6.41. The van der Waals surface area contributed by atoms with Crippen LogP contribution in [0, 0.1) is 5.82 Å². The molecule has 3 rings (SSSR count). The van der Waals surface area contributed by atoms with E-state index in [0.717, 1.165) is 16.4 Å². The first-order chi connectivity index (χ1) is 18.6. The van der Waals surface area contributed by atoms with E-state index in [1.807, 2.05) is 13.8 Å². The molecule has 10 heteroatoms. The van der Waals surface area contributed by atoms with Crippen LogP contribution in [0.4, 0.5) is 10.1 Å². The highest BCUT2D eigenvalue weighted by Crippen LogP contribution is 2.26. The van der Waals surface area contributed by atoms with E-state index in [1.165, 1.54) is 29.2 Å². The minimum atomic E-state index is -4.22. The molecule has 3 aromatic rings.